The first-order valence-electron chi connectivity index (χ1n) is 8.95. The molecule has 0 atom stereocenters. The van der Waals surface area contributed by atoms with E-state index in [-0.39, 0.29) is 12.4 Å². The molecule has 142 valence electrons. The number of hydrogen-bond acceptors (Lipinski definition) is 6. The van der Waals surface area contributed by atoms with E-state index in [1.54, 1.807) is 0 Å². The van der Waals surface area contributed by atoms with E-state index in [1.165, 1.54) is 11.9 Å². The van der Waals surface area contributed by atoms with Gasteiger partial charge in [-0.15, -0.1) is 12.4 Å². The van der Waals surface area contributed by atoms with E-state index in [1.807, 2.05) is 12.1 Å². The quantitative estimate of drug-likeness (QED) is 0.742. The van der Waals surface area contributed by atoms with Gasteiger partial charge in [0.1, 0.15) is 11.8 Å². The fourth-order valence-corrected chi connectivity index (χ4v) is 3.49. The zero-order valence-corrected chi connectivity index (χ0v) is 16.2. The van der Waals surface area contributed by atoms with E-state index in [0.717, 1.165) is 49.4 Å². The summed E-state index contributed by atoms with van der Waals surface area (Å²) in [6.07, 6.45) is 3.66. The molecule has 0 unspecified atom stereocenters. The van der Waals surface area contributed by atoms with Crippen LogP contribution in [0.3, 0.4) is 0 Å². The molecular formula is C20H24ClN5O. The molecule has 6 nitrogen and oxygen atoms in total. The summed E-state index contributed by atoms with van der Waals surface area (Å²) in [5.41, 5.74) is 10.6. The predicted molar refractivity (Wildman–Crippen MR) is 110 cm³/mol. The molecule has 1 aliphatic heterocycles. The van der Waals surface area contributed by atoms with Gasteiger partial charge in [0.15, 0.2) is 5.82 Å². The Bertz CT molecular complexity index is 914. The number of ether oxygens (including phenoxy) is 1. The molecule has 2 N–H and O–H groups in total. The molecule has 4 rings (SSSR count). The number of halogens is 1. The van der Waals surface area contributed by atoms with Crippen LogP contribution in [0.25, 0.3) is 22.3 Å². The molecule has 27 heavy (non-hydrogen) atoms. The lowest BCUT2D eigenvalue weighted by molar-refractivity contribution is 0.0407. The van der Waals surface area contributed by atoms with Crippen LogP contribution in [0.1, 0.15) is 18.4 Å². The van der Waals surface area contributed by atoms with Gasteiger partial charge in [-0.25, -0.2) is 15.0 Å². The van der Waals surface area contributed by atoms with Gasteiger partial charge in [-0.2, -0.15) is 0 Å². The first-order chi connectivity index (χ1) is 12.7. The SMILES string of the molecule is CN(Cc1cccc(-c2ccc3ncnc(N)c3n2)c1)C1CCOCC1.Cl. The summed E-state index contributed by atoms with van der Waals surface area (Å²) in [6.45, 7) is 2.64. The number of benzene rings is 1. The molecule has 3 aromatic rings. The minimum absolute atomic E-state index is 0. The van der Waals surface area contributed by atoms with Gasteiger partial charge in [0.05, 0.1) is 11.2 Å². The molecule has 2 aromatic heterocycles. The van der Waals surface area contributed by atoms with E-state index in [0.29, 0.717) is 17.4 Å². The lowest BCUT2D eigenvalue weighted by Gasteiger charge is -2.31. The summed E-state index contributed by atoms with van der Waals surface area (Å²) in [5, 5.41) is 0. The third-order valence-corrected chi connectivity index (χ3v) is 4.98. The number of rotatable bonds is 4. The highest BCUT2D eigenvalue weighted by atomic mass is 35.5. The molecule has 0 aliphatic carbocycles. The lowest BCUT2D eigenvalue weighted by Crippen LogP contribution is -2.36. The Morgan fingerprint density at radius 1 is 1.15 bits per heavy atom. The molecule has 0 radical (unpaired) electrons. The Labute approximate surface area is 165 Å². The van der Waals surface area contributed by atoms with Crippen LogP contribution in [0.4, 0.5) is 5.82 Å². The molecule has 3 heterocycles. The van der Waals surface area contributed by atoms with E-state index in [2.05, 4.69) is 51.2 Å². The molecule has 1 fully saturated rings. The molecule has 7 heteroatoms. The lowest BCUT2D eigenvalue weighted by atomic mass is 10.0. The first kappa shape index (κ1) is 19.5. The fourth-order valence-electron chi connectivity index (χ4n) is 3.49. The van der Waals surface area contributed by atoms with Gasteiger partial charge < -0.3 is 10.5 Å². The Balaban J connectivity index is 0.00000210. The average molecular weight is 386 g/mol. The third kappa shape index (κ3) is 4.35. The maximum Gasteiger partial charge on any atom is 0.153 e. The van der Waals surface area contributed by atoms with Crippen LogP contribution >= 0.6 is 12.4 Å². The van der Waals surface area contributed by atoms with Crippen molar-refractivity contribution in [1.29, 1.82) is 0 Å². The van der Waals surface area contributed by atoms with E-state index < -0.39 is 0 Å². The van der Waals surface area contributed by atoms with Gasteiger partial charge in [-0.3, -0.25) is 4.90 Å². The molecule has 0 spiro atoms. The van der Waals surface area contributed by atoms with Crippen LogP contribution in [-0.4, -0.2) is 46.2 Å². The summed E-state index contributed by atoms with van der Waals surface area (Å²) >= 11 is 0. The molecular weight excluding hydrogens is 362 g/mol. The van der Waals surface area contributed by atoms with E-state index in [4.69, 9.17) is 10.5 Å². The van der Waals surface area contributed by atoms with Crippen LogP contribution < -0.4 is 5.73 Å². The van der Waals surface area contributed by atoms with Gasteiger partial charge >= 0.3 is 0 Å². The normalized spacial score (nSPS) is 15.0. The minimum atomic E-state index is 0. The van der Waals surface area contributed by atoms with Crippen molar-refractivity contribution < 1.29 is 4.74 Å². The smallest absolute Gasteiger partial charge is 0.153 e. The van der Waals surface area contributed by atoms with Gasteiger partial charge in [-0.05, 0) is 43.7 Å². The second kappa shape index (κ2) is 8.61. The zero-order valence-electron chi connectivity index (χ0n) is 15.3. The standard InChI is InChI=1S/C20H23N5O.ClH/c1-25(16-7-9-26-10-8-16)12-14-3-2-4-15(11-14)17-5-6-18-19(24-17)20(21)23-13-22-18;/h2-6,11,13,16H,7-10,12H2,1H3,(H2,21,22,23);1H. The van der Waals surface area contributed by atoms with Crippen molar-refractivity contribution in [2.24, 2.45) is 0 Å². The summed E-state index contributed by atoms with van der Waals surface area (Å²) in [7, 11) is 2.19. The second-order valence-corrected chi connectivity index (χ2v) is 6.78. The molecule has 0 saturated carbocycles. The van der Waals surface area contributed by atoms with Crippen LogP contribution in [0.15, 0.2) is 42.7 Å². The minimum Gasteiger partial charge on any atom is -0.382 e. The highest BCUT2D eigenvalue weighted by Gasteiger charge is 2.18. The number of nitrogens with zero attached hydrogens (tertiary/aromatic N) is 4. The van der Waals surface area contributed by atoms with Crippen molar-refractivity contribution >= 4 is 29.3 Å². The van der Waals surface area contributed by atoms with Gasteiger partial charge in [0, 0.05) is 31.4 Å². The van der Waals surface area contributed by atoms with Crippen molar-refractivity contribution in [2.75, 3.05) is 26.0 Å². The monoisotopic (exact) mass is 385 g/mol. The summed E-state index contributed by atoms with van der Waals surface area (Å²) in [6, 6.07) is 13.0. The van der Waals surface area contributed by atoms with Crippen LogP contribution in [-0.2, 0) is 11.3 Å². The number of hydrogen-bond donors (Lipinski definition) is 1. The Hall–Kier alpha value is -2.28. The molecule has 1 aromatic carbocycles. The highest BCUT2D eigenvalue weighted by Crippen LogP contribution is 2.24. The van der Waals surface area contributed by atoms with E-state index in [9.17, 15) is 0 Å². The molecule has 1 saturated heterocycles. The summed E-state index contributed by atoms with van der Waals surface area (Å²) < 4.78 is 5.47. The number of nitrogen functional groups attached to an aromatic ring is 1. The third-order valence-electron chi connectivity index (χ3n) is 4.98. The molecule has 0 bridgehead atoms. The highest BCUT2D eigenvalue weighted by molar-refractivity contribution is 5.86. The Kier molecular flexibility index (Phi) is 6.21. The maximum absolute atomic E-state index is 5.95. The van der Waals surface area contributed by atoms with Crippen molar-refractivity contribution in [3.63, 3.8) is 0 Å². The van der Waals surface area contributed by atoms with Crippen molar-refractivity contribution in [3.8, 4) is 11.3 Å². The number of pyridine rings is 1. The predicted octanol–water partition coefficient (Wildman–Crippen LogP) is 3.31. The molecule has 0 amide bonds. The summed E-state index contributed by atoms with van der Waals surface area (Å²) in [4.78, 5) is 15.3. The number of aromatic nitrogens is 3. The van der Waals surface area contributed by atoms with Crippen molar-refractivity contribution in [2.45, 2.75) is 25.4 Å². The van der Waals surface area contributed by atoms with Gasteiger partial charge in [0.25, 0.3) is 0 Å². The summed E-state index contributed by atoms with van der Waals surface area (Å²) in [5.74, 6) is 0.409. The number of fused-ring (bicyclic) bond motifs is 1. The van der Waals surface area contributed by atoms with Gasteiger partial charge in [-0.1, -0.05) is 18.2 Å². The largest absolute Gasteiger partial charge is 0.382 e. The zero-order chi connectivity index (χ0) is 17.9. The average Bonchev–Trinajstić information content (AvgIpc) is 2.69. The van der Waals surface area contributed by atoms with Crippen LogP contribution in [0.2, 0.25) is 0 Å². The van der Waals surface area contributed by atoms with Crippen molar-refractivity contribution in [3.05, 3.63) is 48.3 Å². The second-order valence-electron chi connectivity index (χ2n) is 6.78. The molecule has 1 aliphatic rings. The van der Waals surface area contributed by atoms with Crippen LogP contribution in [0.5, 0.6) is 0 Å². The van der Waals surface area contributed by atoms with E-state index >= 15 is 0 Å². The number of anilines is 1. The topological polar surface area (TPSA) is 77.2 Å². The Morgan fingerprint density at radius 3 is 2.78 bits per heavy atom. The van der Waals surface area contributed by atoms with Crippen molar-refractivity contribution in [1.82, 2.24) is 19.9 Å². The Morgan fingerprint density at radius 2 is 1.96 bits per heavy atom. The van der Waals surface area contributed by atoms with Gasteiger partial charge in [0.2, 0.25) is 0 Å². The maximum atomic E-state index is 5.95. The fraction of sp³-hybridized carbons (Fsp3) is 0.350. The first-order valence-corrected chi connectivity index (χ1v) is 8.95. The number of nitrogens with two attached hydrogens (primary N) is 1. The van der Waals surface area contributed by atoms with Crippen LogP contribution in [0, 0.1) is 0 Å².